The van der Waals surface area contributed by atoms with Crippen LogP contribution in [-0.4, -0.2) is 37.0 Å². The molecule has 0 spiro atoms. The molecule has 0 saturated carbocycles. The number of carbonyl (C=O) groups excluding carboxylic acids is 3. The molecule has 0 aromatic carbocycles. The zero-order valence-electron chi connectivity index (χ0n) is 10.7. The van der Waals surface area contributed by atoms with Crippen LogP contribution in [0.2, 0.25) is 0 Å². The van der Waals surface area contributed by atoms with E-state index in [4.69, 9.17) is 0 Å². The van der Waals surface area contributed by atoms with Gasteiger partial charge in [-0.2, -0.15) is 0 Å². The van der Waals surface area contributed by atoms with Crippen molar-refractivity contribution in [3.63, 3.8) is 0 Å². The Hall–Kier alpha value is -1.59. The lowest BCUT2D eigenvalue weighted by atomic mass is 10.2. The Kier molecular flexibility index (Phi) is 6.93. The van der Waals surface area contributed by atoms with Crippen LogP contribution in [0.4, 0.5) is 0 Å². The Morgan fingerprint density at radius 3 is 2.24 bits per heavy atom. The minimum atomic E-state index is -0.976. The zero-order chi connectivity index (χ0) is 13.4. The first-order chi connectivity index (χ1) is 7.88. The van der Waals surface area contributed by atoms with Crippen LogP contribution in [0.15, 0.2) is 0 Å². The molecule has 2 N–H and O–H groups in total. The van der Waals surface area contributed by atoms with Gasteiger partial charge in [-0.3, -0.25) is 9.59 Å². The maximum absolute atomic E-state index is 11.5. The molecule has 6 nitrogen and oxygen atoms in total. The maximum atomic E-state index is 11.5. The molecule has 1 atom stereocenters. The van der Waals surface area contributed by atoms with Crippen molar-refractivity contribution in [1.82, 2.24) is 10.6 Å². The van der Waals surface area contributed by atoms with Crippen molar-refractivity contribution in [2.45, 2.75) is 33.7 Å². The number of ether oxygens (including phenoxy) is 1. The van der Waals surface area contributed by atoms with E-state index < -0.39 is 17.9 Å². The van der Waals surface area contributed by atoms with E-state index in [1.54, 1.807) is 6.92 Å². The zero-order valence-corrected chi connectivity index (χ0v) is 10.7. The predicted molar refractivity (Wildman–Crippen MR) is 62.1 cm³/mol. The molecule has 0 radical (unpaired) electrons. The van der Waals surface area contributed by atoms with Gasteiger partial charge in [0.05, 0.1) is 6.61 Å². The lowest BCUT2D eigenvalue weighted by Gasteiger charge is -2.14. The molecule has 0 bridgehead atoms. The summed E-state index contributed by atoms with van der Waals surface area (Å²) in [7, 11) is 0. The highest BCUT2D eigenvalue weighted by molar-refractivity contribution is 6.32. The standard InChI is InChI=1S/C11H20N2O4/c1-5-17-11(16)10(15)13-8(4)9(14)12-6-7(2)3/h7-8H,5-6H2,1-4H3,(H,12,14)(H,13,15). The highest BCUT2D eigenvalue weighted by Gasteiger charge is 2.21. The van der Waals surface area contributed by atoms with Crippen LogP contribution in [0.1, 0.15) is 27.7 Å². The summed E-state index contributed by atoms with van der Waals surface area (Å²) in [5.41, 5.74) is 0. The fourth-order valence-corrected chi connectivity index (χ4v) is 0.976. The van der Waals surface area contributed by atoms with E-state index in [2.05, 4.69) is 15.4 Å². The van der Waals surface area contributed by atoms with Gasteiger partial charge < -0.3 is 15.4 Å². The molecule has 0 rings (SSSR count). The van der Waals surface area contributed by atoms with Gasteiger partial charge in [0.25, 0.3) is 0 Å². The fraction of sp³-hybridized carbons (Fsp3) is 0.727. The highest BCUT2D eigenvalue weighted by atomic mass is 16.5. The van der Waals surface area contributed by atoms with Gasteiger partial charge in [0.2, 0.25) is 5.91 Å². The van der Waals surface area contributed by atoms with E-state index in [1.807, 2.05) is 13.8 Å². The quantitative estimate of drug-likeness (QED) is 0.519. The van der Waals surface area contributed by atoms with E-state index in [0.29, 0.717) is 12.5 Å². The van der Waals surface area contributed by atoms with E-state index in [9.17, 15) is 14.4 Å². The van der Waals surface area contributed by atoms with Crippen molar-refractivity contribution in [1.29, 1.82) is 0 Å². The number of hydrogen-bond donors (Lipinski definition) is 2. The monoisotopic (exact) mass is 244 g/mol. The minimum absolute atomic E-state index is 0.125. The average Bonchev–Trinajstić information content (AvgIpc) is 2.25. The summed E-state index contributed by atoms with van der Waals surface area (Å²) in [6.45, 7) is 7.68. The minimum Gasteiger partial charge on any atom is -0.459 e. The number of carbonyl (C=O) groups is 3. The molecule has 6 heteroatoms. The number of nitrogens with one attached hydrogen (secondary N) is 2. The second-order valence-corrected chi connectivity index (χ2v) is 4.05. The van der Waals surface area contributed by atoms with Gasteiger partial charge in [-0.05, 0) is 19.8 Å². The second-order valence-electron chi connectivity index (χ2n) is 4.05. The van der Waals surface area contributed by atoms with Crippen LogP contribution in [-0.2, 0) is 19.1 Å². The third kappa shape index (κ3) is 6.55. The van der Waals surface area contributed by atoms with Crippen molar-refractivity contribution < 1.29 is 19.1 Å². The number of esters is 1. The number of hydrogen-bond acceptors (Lipinski definition) is 4. The van der Waals surface area contributed by atoms with Crippen LogP contribution in [0.25, 0.3) is 0 Å². The van der Waals surface area contributed by atoms with Crippen molar-refractivity contribution in [2.24, 2.45) is 5.92 Å². The lowest BCUT2D eigenvalue weighted by molar-refractivity contribution is -0.155. The molecule has 0 aliphatic carbocycles. The smallest absolute Gasteiger partial charge is 0.396 e. The Balaban J connectivity index is 4.07. The van der Waals surface area contributed by atoms with Crippen LogP contribution in [0.3, 0.4) is 0 Å². The van der Waals surface area contributed by atoms with Crippen molar-refractivity contribution in [3.05, 3.63) is 0 Å². The first kappa shape index (κ1) is 15.4. The fourth-order valence-electron chi connectivity index (χ4n) is 0.976. The molecular weight excluding hydrogens is 224 g/mol. The van der Waals surface area contributed by atoms with Gasteiger partial charge in [0.1, 0.15) is 6.04 Å². The van der Waals surface area contributed by atoms with E-state index in [1.165, 1.54) is 6.92 Å². The molecule has 0 aromatic heterocycles. The average molecular weight is 244 g/mol. The van der Waals surface area contributed by atoms with Gasteiger partial charge in [-0.15, -0.1) is 0 Å². The maximum Gasteiger partial charge on any atom is 0.396 e. The Bertz CT molecular complexity index is 289. The molecule has 1 unspecified atom stereocenters. The molecule has 0 heterocycles. The van der Waals surface area contributed by atoms with Crippen LogP contribution >= 0.6 is 0 Å². The number of amides is 2. The van der Waals surface area contributed by atoms with Gasteiger partial charge in [0.15, 0.2) is 0 Å². The van der Waals surface area contributed by atoms with Gasteiger partial charge in [-0.1, -0.05) is 13.8 Å². The van der Waals surface area contributed by atoms with Crippen molar-refractivity contribution >= 4 is 17.8 Å². The summed E-state index contributed by atoms with van der Waals surface area (Å²) in [5.74, 6) is -1.88. The van der Waals surface area contributed by atoms with Gasteiger partial charge >= 0.3 is 11.9 Å². The second kappa shape index (κ2) is 7.65. The van der Waals surface area contributed by atoms with Gasteiger partial charge in [-0.25, -0.2) is 4.79 Å². The predicted octanol–water partition coefficient (Wildman–Crippen LogP) is -0.174. The highest BCUT2D eigenvalue weighted by Crippen LogP contribution is 1.90. The van der Waals surface area contributed by atoms with E-state index in [0.717, 1.165) is 0 Å². The molecule has 0 saturated heterocycles. The van der Waals surface area contributed by atoms with Crippen LogP contribution in [0.5, 0.6) is 0 Å². The number of rotatable bonds is 5. The SMILES string of the molecule is CCOC(=O)C(=O)NC(C)C(=O)NCC(C)C. The summed E-state index contributed by atoms with van der Waals surface area (Å²) < 4.78 is 4.50. The van der Waals surface area contributed by atoms with Crippen LogP contribution < -0.4 is 10.6 Å². The lowest BCUT2D eigenvalue weighted by Crippen LogP contribution is -2.48. The normalized spacial score (nSPS) is 11.8. The first-order valence-electron chi connectivity index (χ1n) is 5.63. The van der Waals surface area contributed by atoms with Crippen molar-refractivity contribution in [3.8, 4) is 0 Å². The van der Waals surface area contributed by atoms with E-state index in [-0.39, 0.29) is 12.5 Å². The molecule has 2 amide bonds. The Morgan fingerprint density at radius 1 is 1.18 bits per heavy atom. The molecule has 0 aliphatic heterocycles. The molecule has 0 aliphatic rings. The first-order valence-corrected chi connectivity index (χ1v) is 5.63. The van der Waals surface area contributed by atoms with E-state index >= 15 is 0 Å². The Morgan fingerprint density at radius 2 is 1.76 bits per heavy atom. The van der Waals surface area contributed by atoms with Crippen molar-refractivity contribution in [2.75, 3.05) is 13.2 Å². The summed E-state index contributed by atoms with van der Waals surface area (Å²) >= 11 is 0. The summed E-state index contributed by atoms with van der Waals surface area (Å²) in [5, 5.41) is 4.91. The molecule has 0 aromatic rings. The summed E-state index contributed by atoms with van der Waals surface area (Å²) in [6.07, 6.45) is 0. The molecular formula is C11H20N2O4. The van der Waals surface area contributed by atoms with Crippen LogP contribution in [0, 0.1) is 5.92 Å². The Labute approximate surface area is 101 Å². The summed E-state index contributed by atoms with van der Waals surface area (Å²) in [6, 6.07) is -0.759. The third-order valence-corrected chi connectivity index (χ3v) is 1.89. The third-order valence-electron chi connectivity index (χ3n) is 1.89. The molecule has 98 valence electrons. The molecule has 17 heavy (non-hydrogen) atoms. The topological polar surface area (TPSA) is 84.5 Å². The largest absolute Gasteiger partial charge is 0.459 e. The summed E-state index contributed by atoms with van der Waals surface area (Å²) in [4.78, 5) is 33.7. The van der Waals surface area contributed by atoms with Gasteiger partial charge in [0, 0.05) is 6.54 Å². The molecule has 0 fully saturated rings.